The van der Waals surface area contributed by atoms with Gasteiger partial charge in [0.25, 0.3) is 0 Å². The van der Waals surface area contributed by atoms with Gasteiger partial charge in [0.15, 0.2) is 21.2 Å². The first-order chi connectivity index (χ1) is 8.27. The van der Waals surface area contributed by atoms with Gasteiger partial charge in [0.2, 0.25) is 0 Å². The molecule has 0 radical (unpaired) electrons. The van der Waals surface area contributed by atoms with Crippen LogP contribution in [0.2, 0.25) is 5.15 Å². The predicted molar refractivity (Wildman–Crippen MR) is 67.5 cm³/mol. The maximum Gasteiger partial charge on any atom is 0.194 e. The van der Waals surface area contributed by atoms with Crippen molar-refractivity contribution in [2.45, 2.75) is 5.03 Å². The Morgan fingerprint density at radius 3 is 2.59 bits per heavy atom. The van der Waals surface area contributed by atoms with Gasteiger partial charge >= 0.3 is 0 Å². The van der Waals surface area contributed by atoms with Crippen LogP contribution in [-0.2, 0) is 11.0 Å². The van der Waals surface area contributed by atoms with Crippen LogP contribution in [0.15, 0.2) is 52.1 Å². The van der Waals surface area contributed by atoms with Crippen LogP contribution < -0.4 is 0 Å². The highest BCUT2D eigenvalue weighted by molar-refractivity contribution is 7.83. The lowest BCUT2D eigenvalue weighted by atomic mass is 10.2. The number of halogens is 1. The zero-order valence-electron chi connectivity index (χ0n) is 8.65. The average molecular weight is 266 g/mol. The first-order valence-corrected chi connectivity index (χ1v) is 6.23. The molecular weight excluding hydrogens is 258 g/mol. The number of hydrogen-bond acceptors (Lipinski definition) is 3. The quantitative estimate of drug-likeness (QED) is 0.800. The minimum Gasteiger partial charge on any atom is -0.241 e. The van der Waals surface area contributed by atoms with E-state index in [1.807, 2.05) is 30.3 Å². The van der Waals surface area contributed by atoms with Gasteiger partial charge in [0, 0.05) is 18.6 Å². The lowest BCUT2D eigenvalue weighted by Crippen LogP contribution is -1.95. The van der Waals surface area contributed by atoms with Crippen LogP contribution in [0.5, 0.6) is 0 Å². The van der Waals surface area contributed by atoms with Crippen LogP contribution in [0.4, 0.5) is 0 Å². The molecule has 0 aliphatic rings. The van der Waals surface area contributed by atoms with E-state index in [1.54, 1.807) is 0 Å². The van der Waals surface area contributed by atoms with Crippen LogP contribution in [0.3, 0.4) is 0 Å². The molecule has 0 N–H and O–H groups in total. The van der Waals surface area contributed by atoms with E-state index in [0.29, 0.717) is 0 Å². The van der Waals surface area contributed by atoms with Gasteiger partial charge < -0.3 is 0 Å². The van der Waals surface area contributed by atoms with Gasteiger partial charge in [-0.25, -0.2) is 14.2 Å². The average Bonchev–Trinajstić information content (AvgIpc) is 2.38. The topological polar surface area (TPSA) is 55.2 Å². The molecule has 6 heteroatoms. The summed E-state index contributed by atoms with van der Waals surface area (Å²) in [6.45, 7) is 0. The summed E-state index contributed by atoms with van der Waals surface area (Å²) in [6.07, 6.45) is 4.38. The molecule has 1 heterocycles. The van der Waals surface area contributed by atoms with E-state index in [1.165, 1.54) is 18.6 Å². The molecule has 1 unspecified atom stereocenters. The van der Waals surface area contributed by atoms with Crippen LogP contribution in [0.25, 0.3) is 0 Å². The van der Waals surface area contributed by atoms with Crippen LogP contribution in [0.1, 0.15) is 5.56 Å². The Labute approximate surface area is 106 Å². The lowest BCUT2D eigenvalue weighted by Gasteiger charge is -1.96. The molecule has 1 aromatic carbocycles. The Morgan fingerprint density at radius 2 is 1.88 bits per heavy atom. The number of nitrogens with zero attached hydrogens (tertiary/aromatic N) is 3. The Kier molecular flexibility index (Phi) is 3.95. The van der Waals surface area contributed by atoms with Crippen molar-refractivity contribution in [2.75, 3.05) is 0 Å². The highest BCUT2D eigenvalue weighted by atomic mass is 35.5. The number of hydrogen-bond donors (Lipinski definition) is 0. The summed E-state index contributed by atoms with van der Waals surface area (Å²) in [5, 5.41) is 0.275. The summed E-state index contributed by atoms with van der Waals surface area (Å²) in [5.74, 6) is 0. The Hall–Kier alpha value is -1.59. The molecule has 4 nitrogen and oxygen atoms in total. The predicted octanol–water partition coefficient (Wildman–Crippen LogP) is 2.27. The largest absolute Gasteiger partial charge is 0.241 e. The summed E-state index contributed by atoms with van der Waals surface area (Å²) >= 11 is 5.76. The van der Waals surface area contributed by atoms with Crippen molar-refractivity contribution in [1.29, 1.82) is 0 Å². The molecule has 2 rings (SSSR count). The van der Waals surface area contributed by atoms with Crippen molar-refractivity contribution in [3.63, 3.8) is 0 Å². The Bertz CT molecular complexity index is 560. The summed E-state index contributed by atoms with van der Waals surface area (Å²) in [4.78, 5) is 7.67. The number of aromatic nitrogens is 2. The molecule has 0 amide bonds. The van der Waals surface area contributed by atoms with Crippen LogP contribution >= 0.6 is 11.6 Å². The van der Waals surface area contributed by atoms with Gasteiger partial charge in [-0.05, 0) is 5.56 Å². The third-order valence-electron chi connectivity index (χ3n) is 1.89. The van der Waals surface area contributed by atoms with E-state index in [9.17, 15) is 4.21 Å². The van der Waals surface area contributed by atoms with Crippen molar-refractivity contribution in [1.82, 2.24) is 9.97 Å². The van der Waals surface area contributed by atoms with Crippen molar-refractivity contribution >= 4 is 28.8 Å². The van der Waals surface area contributed by atoms with E-state index in [4.69, 9.17) is 11.6 Å². The Balaban J connectivity index is 2.18. The second-order valence-electron chi connectivity index (χ2n) is 3.05. The van der Waals surface area contributed by atoms with Crippen molar-refractivity contribution in [3.05, 3.63) is 53.4 Å². The first kappa shape index (κ1) is 11.9. The summed E-state index contributed by atoms with van der Waals surface area (Å²) in [7, 11) is -1.63. The fourth-order valence-electron chi connectivity index (χ4n) is 1.12. The van der Waals surface area contributed by atoms with Gasteiger partial charge in [-0.2, -0.15) is 4.40 Å². The van der Waals surface area contributed by atoms with Crippen molar-refractivity contribution in [2.24, 2.45) is 4.40 Å². The first-order valence-electron chi connectivity index (χ1n) is 4.75. The zero-order chi connectivity index (χ0) is 12.1. The third-order valence-corrected chi connectivity index (χ3v) is 3.20. The van der Waals surface area contributed by atoms with E-state index < -0.39 is 11.0 Å². The minimum atomic E-state index is -1.63. The minimum absolute atomic E-state index is 0.107. The molecule has 0 saturated heterocycles. The maximum absolute atomic E-state index is 11.8. The van der Waals surface area contributed by atoms with Crippen molar-refractivity contribution < 1.29 is 4.21 Å². The van der Waals surface area contributed by atoms with Gasteiger partial charge in [0.05, 0.1) is 0 Å². The molecule has 0 aliphatic heterocycles. The van der Waals surface area contributed by atoms with E-state index in [-0.39, 0.29) is 10.2 Å². The van der Waals surface area contributed by atoms with Gasteiger partial charge in [0.1, 0.15) is 0 Å². The lowest BCUT2D eigenvalue weighted by molar-refractivity contribution is 0.681. The highest BCUT2D eigenvalue weighted by Crippen LogP contribution is 2.13. The standard InChI is InChI=1S/C11H8ClN3OS/c12-10-11(14-7-6-13-10)17(16)15-8-9-4-2-1-3-5-9/h1-8H/b15-8+. The monoisotopic (exact) mass is 265 g/mol. The molecule has 0 spiro atoms. The molecule has 0 bridgehead atoms. The van der Waals surface area contributed by atoms with Crippen molar-refractivity contribution in [3.8, 4) is 0 Å². The zero-order valence-corrected chi connectivity index (χ0v) is 10.2. The van der Waals surface area contributed by atoms with Crippen LogP contribution in [0, 0.1) is 0 Å². The second-order valence-corrected chi connectivity index (χ2v) is 4.50. The van der Waals surface area contributed by atoms with E-state index in [2.05, 4.69) is 14.4 Å². The maximum atomic E-state index is 11.8. The van der Waals surface area contributed by atoms with E-state index in [0.717, 1.165) is 5.56 Å². The summed E-state index contributed by atoms with van der Waals surface area (Å²) < 4.78 is 15.7. The molecule has 86 valence electrons. The summed E-state index contributed by atoms with van der Waals surface area (Å²) in [6, 6.07) is 9.37. The summed E-state index contributed by atoms with van der Waals surface area (Å²) in [5.41, 5.74) is 0.862. The third kappa shape index (κ3) is 3.18. The molecule has 0 aliphatic carbocycles. The SMILES string of the molecule is O=S(/N=C/c1ccccc1)c1nccnc1Cl. The van der Waals surface area contributed by atoms with Gasteiger partial charge in [-0.15, -0.1) is 0 Å². The normalized spacial score (nSPS) is 12.8. The number of benzene rings is 1. The van der Waals surface area contributed by atoms with Gasteiger partial charge in [-0.3, -0.25) is 0 Å². The highest BCUT2D eigenvalue weighted by Gasteiger charge is 2.08. The fourth-order valence-corrected chi connectivity index (χ4v) is 2.09. The molecule has 1 aromatic heterocycles. The second kappa shape index (κ2) is 5.65. The molecule has 17 heavy (non-hydrogen) atoms. The van der Waals surface area contributed by atoms with E-state index >= 15 is 0 Å². The smallest absolute Gasteiger partial charge is 0.194 e. The molecular formula is C11H8ClN3OS. The molecule has 0 saturated carbocycles. The van der Waals surface area contributed by atoms with Gasteiger partial charge in [-0.1, -0.05) is 41.9 Å². The molecule has 1 atom stereocenters. The molecule has 2 aromatic rings. The fraction of sp³-hybridized carbons (Fsp3) is 0. The number of rotatable bonds is 3. The van der Waals surface area contributed by atoms with Crippen LogP contribution in [-0.4, -0.2) is 20.4 Å². The Morgan fingerprint density at radius 1 is 1.18 bits per heavy atom. The molecule has 0 fully saturated rings.